The highest BCUT2D eigenvalue weighted by atomic mass is 19.4. The molecule has 0 aromatic carbocycles. The molecule has 1 heterocycles. The SMILES string of the molecule is CC(CO)(NCC(F)(F)F)c1ccccn1. The minimum absolute atomic E-state index is 0.377. The van der Waals surface area contributed by atoms with Crippen molar-refractivity contribution >= 4 is 0 Å². The number of hydrogen-bond donors (Lipinski definition) is 2. The van der Waals surface area contributed by atoms with E-state index >= 15 is 0 Å². The molecule has 0 saturated heterocycles. The number of halogens is 3. The lowest BCUT2D eigenvalue weighted by molar-refractivity contribution is -0.129. The summed E-state index contributed by atoms with van der Waals surface area (Å²) in [5, 5.41) is 11.4. The Morgan fingerprint density at radius 3 is 2.50 bits per heavy atom. The van der Waals surface area contributed by atoms with E-state index in [1.54, 1.807) is 18.2 Å². The normalized spacial score (nSPS) is 15.8. The molecular weight excluding hydrogens is 221 g/mol. The van der Waals surface area contributed by atoms with E-state index in [0.717, 1.165) is 0 Å². The van der Waals surface area contributed by atoms with E-state index in [1.165, 1.54) is 13.1 Å². The van der Waals surface area contributed by atoms with E-state index in [9.17, 15) is 13.2 Å². The highest BCUT2D eigenvalue weighted by Gasteiger charge is 2.34. The van der Waals surface area contributed by atoms with Gasteiger partial charge in [-0.1, -0.05) is 6.07 Å². The van der Waals surface area contributed by atoms with Crippen molar-refractivity contribution in [1.29, 1.82) is 0 Å². The molecule has 2 N–H and O–H groups in total. The number of aliphatic hydroxyl groups is 1. The minimum Gasteiger partial charge on any atom is -0.394 e. The Balaban J connectivity index is 2.79. The fourth-order valence-corrected chi connectivity index (χ4v) is 1.21. The predicted molar refractivity (Wildman–Crippen MR) is 52.7 cm³/mol. The van der Waals surface area contributed by atoms with Crippen LogP contribution in [0.2, 0.25) is 0 Å². The Labute approximate surface area is 91.3 Å². The van der Waals surface area contributed by atoms with Gasteiger partial charge in [-0.2, -0.15) is 13.2 Å². The molecule has 90 valence electrons. The average Bonchev–Trinajstić information content (AvgIpc) is 2.26. The van der Waals surface area contributed by atoms with Gasteiger partial charge in [-0.3, -0.25) is 10.3 Å². The molecule has 0 saturated carbocycles. The van der Waals surface area contributed by atoms with Crippen LogP contribution in [0.5, 0.6) is 0 Å². The van der Waals surface area contributed by atoms with Crippen LogP contribution in [-0.4, -0.2) is 29.4 Å². The van der Waals surface area contributed by atoms with Crippen molar-refractivity contribution in [2.45, 2.75) is 18.6 Å². The molecular formula is C10H13F3N2O. The highest BCUT2D eigenvalue weighted by Crippen LogP contribution is 2.20. The molecule has 0 spiro atoms. The first-order chi connectivity index (χ1) is 7.37. The van der Waals surface area contributed by atoms with Gasteiger partial charge in [0, 0.05) is 6.20 Å². The monoisotopic (exact) mass is 234 g/mol. The van der Waals surface area contributed by atoms with E-state index in [0.29, 0.717) is 5.69 Å². The fourth-order valence-electron chi connectivity index (χ4n) is 1.21. The zero-order valence-electron chi connectivity index (χ0n) is 8.75. The lowest BCUT2D eigenvalue weighted by atomic mass is 9.98. The van der Waals surface area contributed by atoms with E-state index in [2.05, 4.69) is 10.3 Å². The first-order valence-electron chi connectivity index (χ1n) is 4.71. The summed E-state index contributed by atoms with van der Waals surface area (Å²) in [6, 6.07) is 4.89. The van der Waals surface area contributed by atoms with Gasteiger partial charge in [0.25, 0.3) is 0 Å². The lowest BCUT2D eigenvalue weighted by Crippen LogP contribution is -2.47. The molecule has 0 amide bonds. The van der Waals surface area contributed by atoms with Crippen molar-refractivity contribution in [1.82, 2.24) is 10.3 Å². The highest BCUT2D eigenvalue weighted by molar-refractivity contribution is 5.14. The van der Waals surface area contributed by atoms with Crippen LogP contribution in [0.1, 0.15) is 12.6 Å². The van der Waals surface area contributed by atoms with Gasteiger partial charge in [0.1, 0.15) is 0 Å². The Morgan fingerprint density at radius 2 is 2.06 bits per heavy atom. The number of rotatable bonds is 4. The number of aromatic nitrogens is 1. The van der Waals surface area contributed by atoms with Crippen LogP contribution in [-0.2, 0) is 5.54 Å². The number of hydrogen-bond acceptors (Lipinski definition) is 3. The Hall–Kier alpha value is -1.14. The Bertz CT molecular complexity index is 329. The molecule has 1 unspecified atom stereocenters. The molecule has 0 radical (unpaired) electrons. The molecule has 0 aliphatic rings. The van der Waals surface area contributed by atoms with Gasteiger partial charge < -0.3 is 5.11 Å². The van der Waals surface area contributed by atoms with E-state index < -0.39 is 24.9 Å². The zero-order chi connectivity index (χ0) is 12.2. The molecule has 0 aliphatic heterocycles. The minimum atomic E-state index is -4.31. The van der Waals surface area contributed by atoms with Crippen LogP contribution in [0, 0.1) is 0 Å². The van der Waals surface area contributed by atoms with Crippen molar-refractivity contribution in [2.75, 3.05) is 13.2 Å². The van der Waals surface area contributed by atoms with Crippen LogP contribution in [0.15, 0.2) is 24.4 Å². The summed E-state index contributed by atoms with van der Waals surface area (Å²) in [4.78, 5) is 3.93. The van der Waals surface area contributed by atoms with Gasteiger partial charge in [-0.15, -0.1) is 0 Å². The van der Waals surface area contributed by atoms with Gasteiger partial charge in [0.05, 0.1) is 24.4 Å². The molecule has 0 bridgehead atoms. The lowest BCUT2D eigenvalue weighted by Gasteiger charge is -2.28. The van der Waals surface area contributed by atoms with Gasteiger partial charge in [0.2, 0.25) is 0 Å². The number of alkyl halides is 3. The molecule has 1 atom stereocenters. The van der Waals surface area contributed by atoms with Crippen LogP contribution >= 0.6 is 0 Å². The van der Waals surface area contributed by atoms with Crippen molar-refractivity contribution in [3.8, 4) is 0 Å². The van der Waals surface area contributed by atoms with Gasteiger partial charge in [-0.05, 0) is 19.1 Å². The second kappa shape index (κ2) is 4.80. The maximum atomic E-state index is 12.1. The molecule has 0 aliphatic carbocycles. The topological polar surface area (TPSA) is 45.1 Å². The number of pyridine rings is 1. The van der Waals surface area contributed by atoms with Crippen LogP contribution < -0.4 is 5.32 Å². The maximum Gasteiger partial charge on any atom is 0.401 e. The third-order valence-electron chi connectivity index (χ3n) is 2.23. The van der Waals surface area contributed by atoms with Crippen LogP contribution in [0.4, 0.5) is 13.2 Å². The molecule has 1 aromatic heterocycles. The van der Waals surface area contributed by atoms with Crippen molar-refractivity contribution in [2.24, 2.45) is 0 Å². The van der Waals surface area contributed by atoms with Gasteiger partial charge in [-0.25, -0.2) is 0 Å². The number of aliphatic hydroxyl groups excluding tert-OH is 1. The Kier molecular flexibility index (Phi) is 3.88. The summed E-state index contributed by atoms with van der Waals surface area (Å²) < 4.78 is 36.2. The summed E-state index contributed by atoms with van der Waals surface area (Å²) in [6.07, 6.45) is -2.84. The molecule has 1 rings (SSSR count). The van der Waals surface area contributed by atoms with Gasteiger partial charge >= 0.3 is 6.18 Å². The molecule has 1 aromatic rings. The summed E-state index contributed by atoms with van der Waals surface area (Å²) in [5.41, 5.74) is -0.807. The number of nitrogens with one attached hydrogen (secondary N) is 1. The Morgan fingerprint density at radius 1 is 1.38 bits per heavy atom. The average molecular weight is 234 g/mol. The molecule has 3 nitrogen and oxygen atoms in total. The molecule has 6 heteroatoms. The largest absolute Gasteiger partial charge is 0.401 e. The summed E-state index contributed by atoms with van der Waals surface area (Å²) in [5.74, 6) is 0. The first-order valence-corrected chi connectivity index (χ1v) is 4.71. The zero-order valence-corrected chi connectivity index (χ0v) is 8.75. The summed E-state index contributed by atoms with van der Waals surface area (Å²) >= 11 is 0. The van der Waals surface area contributed by atoms with E-state index in [-0.39, 0.29) is 0 Å². The van der Waals surface area contributed by atoms with Crippen LogP contribution in [0.3, 0.4) is 0 Å². The smallest absolute Gasteiger partial charge is 0.394 e. The van der Waals surface area contributed by atoms with Crippen molar-refractivity contribution in [3.05, 3.63) is 30.1 Å². The third kappa shape index (κ3) is 3.46. The van der Waals surface area contributed by atoms with E-state index in [4.69, 9.17) is 5.11 Å². The standard InChI is InChI=1S/C10H13F3N2O/c1-9(7-16,15-6-10(11,12)13)8-4-2-3-5-14-8/h2-5,15-16H,6-7H2,1H3. The predicted octanol–water partition coefficient (Wildman–Crippen LogP) is 1.44. The van der Waals surface area contributed by atoms with Crippen molar-refractivity contribution < 1.29 is 18.3 Å². The fraction of sp³-hybridized carbons (Fsp3) is 0.500. The summed E-state index contributed by atoms with van der Waals surface area (Å²) in [6.45, 7) is -0.151. The second-order valence-corrected chi connectivity index (χ2v) is 3.67. The number of nitrogens with zero attached hydrogens (tertiary/aromatic N) is 1. The molecule has 0 fully saturated rings. The quantitative estimate of drug-likeness (QED) is 0.828. The maximum absolute atomic E-state index is 12.1. The van der Waals surface area contributed by atoms with Gasteiger partial charge in [0.15, 0.2) is 0 Å². The first kappa shape index (κ1) is 12.9. The van der Waals surface area contributed by atoms with Crippen LogP contribution in [0.25, 0.3) is 0 Å². The second-order valence-electron chi connectivity index (χ2n) is 3.67. The van der Waals surface area contributed by atoms with Crippen molar-refractivity contribution in [3.63, 3.8) is 0 Å². The van der Waals surface area contributed by atoms with E-state index in [1.807, 2.05) is 0 Å². The molecule has 16 heavy (non-hydrogen) atoms. The summed E-state index contributed by atoms with van der Waals surface area (Å²) in [7, 11) is 0. The third-order valence-corrected chi connectivity index (χ3v) is 2.23.